The highest BCUT2D eigenvalue weighted by atomic mass is 35.5. The summed E-state index contributed by atoms with van der Waals surface area (Å²) in [5, 5.41) is 1.78. The molecule has 0 bridgehead atoms. The van der Waals surface area contributed by atoms with E-state index in [2.05, 4.69) is 15.0 Å². The van der Waals surface area contributed by atoms with E-state index in [9.17, 15) is 0 Å². The maximum absolute atomic E-state index is 6.08. The number of para-hydroxylation sites is 1. The molecule has 0 unspecified atom stereocenters. The number of benzene rings is 1. The Balaban J connectivity index is 2.48. The van der Waals surface area contributed by atoms with Gasteiger partial charge in [0.25, 0.3) is 0 Å². The van der Waals surface area contributed by atoms with Gasteiger partial charge in [-0.05, 0) is 24.5 Å². The first kappa shape index (κ1) is 13.3. The molecule has 0 saturated heterocycles. The predicted octanol–water partition coefficient (Wildman–Crippen LogP) is 4.22. The summed E-state index contributed by atoms with van der Waals surface area (Å²) in [5.74, 6) is 0. The molecule has 0 amide bonds. The summed E-state index contributed by atoms with van der Waals surface area (Å²) in [5.41, 5.74) is 1.30. The predicted molar refractivity (Wildman–Crippen MR) is 78.2 cm³/mol. The van der Waals surface area contributed by atoms with E-state index in [0.717, 1.165) is 10.7 Å². The van der Waals surface area contributed by atoms with Crippen LogP contribution in [-0.4, -0.2) is 21.3 Å². The Labute approximate surface area is 119 Å². The Morgan fingerprint density at radius 3 is 2.50 bits per heavy atom. The minimum Gasteiger partial charge on any atom is -0.245 e. The van der Waals surface area contributed by atoms with Gasteiger partial charge in [-0.15, -0.1) is 11.8 Å². The van der Waals surface area contributed by atoms with Crippen LogP contribution in [0.4, 0.5) is 5.69 Å². The zero-order valence-corrected chi connectivity index (χ0v) is 11.8. The second-order valence-corrected chi connectivity index (χ2v) is 4.90. The van der Waals surface area contributed by atoms with Gasteiger partial charge in [0.1, 0.15) is 17.1 Å². The Morgan fingerprint density at radius 1 is 1.22 bits per heavy atom. The summed E-state index contributed by atoms with van der Waals surface area (Å²) in [4.78, 5) is 12.5. The van der Waals surface area contributed by atoms with Crippen LogP contribution in [0.2, 0.25) is 10.0 Å². The molecule has 0 radical (unpaired) electrons. The van der Waals surface area contributed by atoms with Crippen molar-refractivity contribution in [1.82, 2.24) is 9.97 Å². The maximum Gasteiger partial charge on any atom is 0.122 e. The highest BCUT2D eigenvalue weighted by Crippen LogP contribution is 2.33. The first-order valence-corrected chi connectivity index (χ1v) is 7.03. The summed E-state index contributed by atoms with van der Waals surface area (Å²) in [6.45, 7) is 0. The van der Waals surface area contributed by atoms with Crippen molar-refractivity contribution < 1.29 is 0 Å². The smallest absolute Gasteiger partial charge is 0.122 e. The maximum atomic E-state index is 6.08. The van der Waals surface area contributed by atoms with Gasteiger partial charge in [-0.2, -0.15) is 0 Å². The van der Waals surface area contributed by atoms with E-state index in [-0.39, 0.29) is 0 Å². The minimum absolute atomic E-state index is 0.517. The van der Waals surface area contributed by atoms with Gasteiger partial charge < -0.3 is 0 Å². The number of thioether (sulfide) groups is 1. The second kappa shape index (κ2) is 6.18. The topological polar surface area (TPSA) is 38.1 Å². The van der Waals surface area contributed by atoms with Crippen molar-refractivity contribution in [2.75, 3.05) is 6.26 Å². The summed E-state index contributed by atoms with van der Waals surface area (Å²) >= 11 is 13.6. The first-order chi connectivity index (χ1) is 8.72. The number of hydrogen-bond acceptors (Lipinski definition) is 4. The fourth-order valence-corrected chi connectivity index (χ4v) is 2.32. The lowest BCUT2D eigenvalue weighted by Gasteiger charge is -2.05. The number of aliphatic imine (C=N–C) groups is 1. The van der Waals surface area contributed by atoms with Crippen molar-refractivity contribution in [3.05, 3.63) is 52.5 Å². The van der Waals surface area contributed by atoms with E-state index >= 15 is 0 Å². The molecule has 1 aromatic heterocycles. The number of hydrogen-bond donors (Lipinski definition) is 0. The third kappa shape index (κ3) is 3.02. The van der Waals surface area contributed by atoms with E-state index in [1.807, 2.05) is 6.26 Å². The third-order valence-electron chi connectivity index (χ3n) is 2.15. The SMILES string of the molecule is CSC(=Nc1c(Cl)cccc1Cl)c1ccncn1. The third-order valence-corrected chi connectivity index (χ3v) is 3.44. The molecule has 0 fully saturated rings. The summed E-state index contributed by atoms with van der Waals surface area (Å²) in [6.07, 6.45) is 5.07. The Bertz CT molecular complexity index is 553. The monoisotopic (exact) mass is 297 g/mol. The zero-order chi connectivity index (χ0) is 13.0. The molecule has 0 aliphatic carbocycles. The Hall–Kier alpha value is -1.10. The number of nitrogens with zero attached hydrogens (tertiary/aromatic N) is 3. The van der Waals surface area contributed by atoms with Crippen LogP contribution in [0.5, 0.6) is 0 Å². The molecule has 18 heavy (non-hydrogen) atoms. The van der Waals surface area contributed by atoms with Crippen LogP contribution in [0.25, 0.3) is 0 Å². The van der Waals surface area contributed by atoms with Crippen LogP contribution >= 0.6 is 35.0 Å². The average molecular weight is 298 g/mol. The van der Waals surface area contributed by atoms with Crippen molar-refractivity contribution in [3.63, 3.8) is 0 Å². The van der Waals surface area contributed by atoms with Gasteiger partial charge in [0, 0.05) is 6.20 Å². The highest BCUT2D eigenvalue weighted by molar-refractivity contribution is 8.13. The molecule has 6 heteroatoms. The molecular weight excluding hydrogens is 289 g/mol. The normalized spacial score (nSPS) is 11.6. The van der Waals surface area contributed by atoms with Crippen LogP contribution in [0, 0.1) is 0 Å². The molecule has 0 N–H and O–H groups in total. The van der Waals surface area contributed by atoms with E-state index < -0.39 is 0 Å². The standard InChI is InChI=1S/C12H9Cl2N3S/c1-18-12(10-5-6-15-7-16-10)17-11-8(13)3-2-4-9(11)14/h2-7H,1H3. The first-order valence-electron chi connectivity index (χ1n) is 5.05. The Morgan fingerprint density at radius 2 is 1.94 bits per heavy atom. The molecule has 0 aliphatic rings. The Kier molecular flexibility index (Phi) is 4.58. The fourth-order valence-electron chi connectivity index (χ4n) is 1.32. The van der Waals surface area contributed by atoms with Crippen LogP contribution in [-0.2, 0) is 0 Å². The quantitative estimate of drug-likeness (QED) is 0.615. The largest absolute Gasteiger partial charge is 0.245 e. The van der Waals surface area contributed by atoms with E-state index in [1.54, 1.807) is 30.5 Å². The lowest BCUT2D eigenvalue weighted by atomic mass is 10.3. The molecule has 1 heterocycles. The summed E-state index contributed by atoms with van der Waals surface area (Å²) < 4.78 is 0. The van der Waals surface area contributed by atoms with E-state index in [1.165, 1.54) is 18.1 Å². The minimum atomic E-state index is 0.517. The van der Waals surface area contributed by atoms with Gasteiger partial charge in [-0.25, -0.2) is 15.0 Å². The number of aromatic nitrogens is 2. The molecule has 2 rings (SSSR count). The lowest BCUT2D eigenvalue weighted by Crippen LogP contribution is -1.98. The van der Waals surface area contributed by atoms with Crippen molar-refractivity contribution >= 4 is 45.7 Å². The van der Waals surface area contributed by atoms with Crippen molar-refractivity contribution in [3.8, 4) is 0 Å². The van der Waals surface area contributed by atoms with Gasteiger partial charge in [-0.3, -0.25) is 0 Å². The van der Waals surface area contributed by atoms with Crippen molar-refractivity contribution in [2.45, 2.75) is 0 Å². The zero-order valence-electron chi connectivity index (χ0n) is 9.47. The van der Waals surface area contributed by atoms with E-state index in [4.69, 9.17) is 23.2 Å². The molecule has 0 aliphatic heterocycles. The molecule has 0 saturated carbocycles. The lowest BCUT2D eigenvalue weighted by molar-refractivity contribution is 1.15. The van der Waals surface area contributed by atoms with Gasteiger partial charge in [0.15, 0.2) is 0 Å². The molecule has 92 valence electrons. The molecular formula is C12H9Cl2N3S. The molecule has 0 spiro atoms. The van der Waals surface area contributed by atoms with Crippen molar-refractivity contribution in [2.24, 2.45) is 4.99 Å². The molecule has 3 nitrogen and oxygen atoms in total. The van der Waals surface area contributed by atoms with Gasteiger partial charge in [0.2, 0.25) is 0 Å². The van der Waals surface area contributed by atoms with Crippen LogP contribution < -0.4 is 0 Å². The van der Waals surface area contributed by atoms with Crippen LogP contribution in [0.1, 0.15) is 5.69 Å². The number of halogens is 2. The van der Waals surface area contributed by atoms with Crippen molar-refractivity contribution in [1.29, 1.82) is 0 Å². The summed E-state index contributed by atoms with van der Waals surface area (Å²) in [7, 11) is 0. The van der Waals surface area contributed by atoms with Crippen LogP contribution in [0.3, 0.4) is 0 Å². The number of rotatable bonds is 2. The van der Waals surface area contributed by atoms with Crippen LogP contribution in [0.15, 0.2) is 41.8 Å². The second-order valence-electron chi connectivity index (χ2n) is 3.29. The van der Waals surface area contributed by atoms with Gasteiger partial charge >= 0.3 is 0 Å². The average Bonchev–Trinajstić information content (AvgIpc) is 2.40. The molecule has 0 atom stereocenters. The van der Waals surface area contributed by atoms with Gasteiger partial charge in [0.05, 0.1) is 15.7 Å². The highest BCUT2D eigenvalue weighted by Gasteiger charge is 2.08. The van der Waals surface area contributed by atoms with Gasteiger partial charge in [-0.1, -0.05) is 29.3 Å². The molecule has 1 aromatic carbocycles. The van der Waals surface area contributed by atoms with E-state index in [0.29, 0.717) is 15.7 Å². The summed E-state index contributed by atoms with van der Waals surface area (Å²) in [6, 6.07) is 7.08. The fraction of sp³-hybridized carbons (Fsp3) is 0.0833. The molecule has 2 aromatic rings.